The fourth-order valence-corrected chi connectivity index (χ4v) is 4.19. The second kappa shape index (κ2) is 6.39. The Labute approximate surface area is 158 Å². The Balaban J connectivity index is 1.31. The lowest BCUT2D eigenvalue weighted by Gasteiger charge is -2.35. The van der Waals surface area contributed by atoms with E-state index in [2.05, 4.69) is 34.8 Å². The minimum atomic E-state index is -0.0528. The normalized spacial score (nSPS) is 15.8. The summed E-state index contributed by atoms with van der Waals surface area (Å²) in [4.78, 5) is 32.9. The first-order chi connectivity index (χ1) is 13.2. The van der Waals surface area contributed by atoms with Crippen molar-refractivity contribution in [1.29, 1.82) is 0 Å². The highest BCUT2D eigenvalue weighted by atomic mass is 32.1. The first kappa shape index (κ1) is 16.3. The monoisotopic (exact) mass is 382 g/mol. The number of fused-ring (bicyclic) bond motifs is 2. The summed E-state index contributed by atoms with van der Waals surface area (Å²) in [6, 6.07) is 1.89. The first-order valence-electron chi connectivity index (χ1n) is 8.78. The van der Waals surface area contributed by atoms with Crippen LogP contribution in [-0.4, -0.2) is 60.6 Å². The van der Waals surface area contributed by atoms with Gasteiger partial charge < -0.3 is 9.88 Å². The Hall–Kier alpha value is -2.85. The zero-order valence-corrected chi connectivity index (χ0v) is 15.6. The fraction of sp³-hybridized carbons (Fsp3) is 0.353. The second-order valence-electron chi connectivity index (χ2n) is 6.61. The summed E-state index contributed by atoms with van der Waals surface area (Å²) in [7, 11) is 0. The number of anilines is 1. The average Bonchev–Trinajstić information content (AvgIpc) is 3.28. The molecule has 5 rings (SSSR count). The zero-order chi connectivity index (χ0) is 18.4. The number of hydrogen-bond donors (Lipinski definition) is 1. The van der Waals surface area contributed by atoms with Crippen LogP contribution in [0.15, 0.2) is 28.6 Å². The summed E-state index contributed by atoms with van der Waals surface area (Å²) in [6.45, 7) is 5.96. The summed E-state index contributed by atoms with van der Waals surface area (Å²) >= 11 is 1.42. The smallest absolute Gasteiger partial charge is 0.268 e. The van der Waals surface area contributed by atoms with E-state index in [0.717, 1.165) is 54.8 Å². The molecule has 1 fully saturated rings. The van der Waals surface area contributed by atoms with Crippen molar-refractivity contribution in [2.24, 2.45) is 0 Å². The van der Waals surface area contributed by atoms with Gasteiger partial charge in [0.1, 0.15) is 16.3 Å². The Morgan fingerprint density at radius 1 is 1.19 bits per heavy atom. The number of aromatic nitrogens is 6. The molecule has 0 radical (unpaired) electrons. The second-order valence-corrected chi connectivity index (χ2v) is 7.52. The van der Waals surface area contributed by atoms with Crippen LogP contribution in [0.3, 0.4) is 0 Å². The Morgan fingerprint density at radius 3 is 2.89 bits per heavy atom. The molecule has 0 aliphatic carbocycles. The molecule has 4 aromatic heterocycles. The van der Waals surface area contributed by atoms with Gasteiger partial charge in [-0.25, -0.2) is 9.97 Å². The van der Waals surface area contributed by atoms with Crippen LogP contribution in [0.2, 0.25) is 0 Å². The summed E-state index contributed by atoms with van der Waals surface area (Å²) in [5.41, 5.74) is 1.48. The van der Waals surface area contributed by atoms with Gasteiger partial charge in [-0.2, -0.15) is 4.52 Å². The van der Waals surface area contributed by atoms with Crippen LogP contribution in [0.25, 0.3) is 15.9 Å². The largest absolute Gasteiger partial charge is 0.353 e. The molecule has 10 heteroatoms. The molecule has 1 N–H and O–H groups in total. The van der Waals surface area contributed by atoms with Gasteiger partial charge in [0.25, 0.3) is 5.56 Å². The number of thiophene rings is 1. The van der Waals surface area contributed by atoms with Gasteiger partial charge >= 0.3 is 0 Å². The summed E-state index contributed by atoms with van der Waals surface area (Å²) in [5.74, 6) is 2.41. The summed E-state index contributed by atoms with van der Waals surface area (Å²) < 4.78 is 2.54. The minimum absolute atomic E-state index is 0.0528. The Morgan fingerprint density at radius 2 is 2.04 bits per heavy atom. The zero-order valence-electron chi connectivity index (χ0n) is 14.8. The molecule has 1 saturated heterocycles. The molecule has 5 heterocycles. The molecule has 27 heavy (non-hydrogen) atoms. The molecule has 138 valence electrons. The molecular formula is C17H18N8OS. The third-order valence-electron chi connectivity index (χ3n) is 4.77. The molecule has 1 aliphatic rings. The maximum atomic E-state index is 12.1. The molecule has 0 saturated carbocycles. The van der Waals surface area contributed by atoms with Crippen LogP contribution in [0.5, 0.6) is 0 Å². The molecule has 1 aliphatic heterocycles. The van der Waals surface area contributed by atoms with E-state index in [0.29, 0.717) is 11.2 Å². The van der Waals surface area contributed by atoms with Crippen LogP contribution < -0.4 is 10.5 Å². The van der Waals surface area contributed by atoms with Gasteiger partial charge in [-0.05, 0) is 18.4 Å². The number of H-pyrrole nitrogens is 1. The van der Waals surface area contributed by atoms with Crippen molar-refractivity contribution in [2.75, 3.05) is 31.1 Å². The van der Waals surface area contributed by atoms with E-state index in [1.165, 1.54) is 11.3 Å². The average molecular weight is 382 g/mol. The summed E-state index contributed by atoms with van der Waals surface area (Å²) in [6.07, 6.45) is 3.56. The van der Waals surface area contributed by atoms with Gasteiger partial charge in [0, 0.05) is 26.2 Å². The van der Waals surface area contributed by atoms with E-state index in [-0.39, 0.29) is 5.56 Å². The number of rotatable bonds is 3. The molecule has 0 spiro atoms. The number of aromatic amines is 1. The van der Waals surface area contributed by atoms with Crippen molar-refractivity contribution in [2.45, 2.75) is 13.5 Å². The van der Waals surface area contributed by atoms with Crippen molar-refractivity contribution in [3.8, 4) is 0 Å². The number of hydrogen-bond acceptors (Lipinski definition) is 8. The van der Waals surface area contributed by atoms with Crippen LogP contribution >= 0.6 is 11.3 Å². The lowest BCUT2D eigenvalue weighted by Crippen LogP contribution is -2.47. The molecule has 0 aromatic carbocycles. The van der Waals surface area contributed by atoms with Gasteiger partial charge in [-0.3, -0.25) is 14.7 Å². The fourth-order valence-electron chi connectivity index (χ4n) is 3.47. The third kappa shape index (κ3) is 2.96. The van der Waals surface area contributed by atoms with E-state index in [4.69, 9.17) is 0 Å². The van der Waals surface area contributed by atoms with Gasteiger partial charge in [0.2, 0.25) is 0 Å². The highest BCUT2D eigenvalue weighted by Crippen LogP contribution is 2.18. The van der Waals surface area contributed by atoms with Crippen LogP contribution in [0, 0.1) is 6.92 Å². The maximum Gasteiger partial charge on any atom is 0.268 e. The molecule has 0 bridgehead atoms. The molecule has 0 atom stereocenters. The lowest BCUT2D eigenvalue weighted by molar-refractivity contribution is 0.243. The highest BCUT2D eigenvalue weighted by Gasteiger charge is 2.21. The van der Waals surface area contributed by atoms with E-state index < -0.39 is 0 Å². The number of piperazine rings is 1. The van der Waals surface area contributed by atoms with E-state index >= 15 is 0 Å². The van der Waals surface area contributed by atoms with E-state index in [9.17, 15) is 4.79 Å². The van der Waals surface area contributed by atoms with Crippen LogP contribution in [0.1, 0.15) is 11.6 Å². The van der Waals surface area contributed by atoms with Crippen molar-refractivity contribution < 1.29 is 0 Å². The summed E-state index contributed by atoms with van der Waals surface area (Å²) in [5, 5.41) is 6.37. The van der Waals surface area contributed by atoms with Crippen molar-refractivity contribution in [3.05, 3.63) is 45.8 Å². The Kier molecular flexibility index (Phi) is 3.87. The van der Waals surface area contributed by atoms with Crippen LogP contribution in [-0.2, 0) is 6.54 Å². The van der Waals surface area contributed by atoms with Crippen molar-refractivity contribution in [3.63, 3.8) is 0 Å². The van der Waals surface area contributed by atoms with Crippen molar-refractivity contribution in [1.82, 2.24) is 34.4 Å². The standard InChI is InChI=1S/C17H18N8OS/c1-11-19-14-8-18-9-15(25(14)22-11)24-5-3-23(4-6-24)10-13-20-12-2-7-27-16(12)17(26)21-13/h2,7-9H,3-6,10H2,1H3,(H,20,21,26). The molecule has 0 amide bonds. The molecule has 4 aromatic rings. The van der Waals surface area contributed by atoms with Crippen molar-refractivity contribution >= 4 is 33.0 Å². The minimum Gasteiger partial charge on any atom is -0.353 e. The van der Waals surface area contributed by atoms with Crippen LogP contribution in [0.4, 0.5) is 5.82 Å². The number of aryl methyl sites for hydroxylation is 1. The van der Waals surface area contributed by atoms with Gasteiger partial charge in [0.05, 0.1) is 24.5 Å². The van der Waals surface area contributed by atoms with Gasteiger partial charge in [-0.15, -0.1) is 16.4 Å². The predicted octanol–water partition coefficient (Wildman–Crippen LogP) is 1.05. The predicted molar refractivity (Wildman–Crippen MR) is 103 cm³/mol. The maximum absolute atomic E-state index is 12.1. The quantitative estimate of drug-likeness (QED) is 0.566. The lowest BCUT2D eigenvalue weighted by atomic mass is 10.3. The molecular weight excluding hydrogens is 364 g/mol. The topological polar surface area (TPSA) is 95.3 Å². The number of nitrogens with zero attached hydrogens (tertiary/aromatic N) is 7. The Bertz CT molecular complexity index is 1170. The number of nitrogens with one attached hydrogen (secondary N) is 1. The molecule has 9 nitrogen and oxygen atoms in total. The van der Waals surface area contributed by atoms with E-state index in [1.807, 2.05) is 29.1 Å². The molecule has 0 unspecified atom stereocenters. The van der Waals surface area contributed by atoms with E-state index in [1.54, 1.807) is 6.20 Å². The highest BCUT2D eigenvalue weighted by molar-refractivity contribution is 7.17. The third-order valence-corrected chi connectivity index (χ3v) is 5.67. The SMILES string of the molecule is Cc1nc2cncc(N3CCN(Cc4nc5ccsc5c(=O)[nH]4)CC3)n2n1. The first-order valence-corrected chi connectivity index (χ1v) is 9.66. The van der Waals surface area contributed by atoms with Gasteiger partial charge in [0.15, 0.2) is 11.5 Å². The van der Waals surface area contributed by atoms with Gasteiger partial charge in [-0.1, -0.05) is 0 Å².